The number of anilines is 1. The average Bonchev–Trinajstić information content (AvgIpc) is 3.23. The molecule has 0 aliphatic carbocycles. The SMILES string of the molecule is CC(C)n1ccc2c(NC(=O)CCN3Cc4ccccc4C3=O)cccc21. The predicted octanol–water partition coefficient (Wildman–Crippen LogP) is 4.21. The van der Waals surface area contributed by atoms with Gasteiger partial charge in [0.25, 0.3) is 5.91 Å². The zero-order valence-electron chi connectivity index (χ0n) is 15.6. The third kappa shape index (κ3) is 3.21. The van der Waals surface area contributed by atoms with Crippen LogP contribution in [0.25, 0.3) is 10.9 Å². The van der Waals surface area contributed by atoms with Crippen LogP contribution in [-0.4, -0.2) is 27.8 Å². The first-order valence-electron chi connectivity index (χ1n) is 9.31. The van der Waals surface area contributed by atoms with E-state index in [2.05, 4.69) is 29.8 Å². The van der Waals surface area contributed by atoms with E-state index in [1.54, 1.807) is 4.90 Å². The van der Waals surface area contributed by atoms with Crippen LogP contribution in [0.4, 0.5) is 5.69 Å². The summed E-state index contributed by atoms with van der Waals surface area (Å²) < 4.78 is 2.19. The van der Waals surface area contributed by atoms with Crippen LogP contribution in [0.5, 0.6) is 0 Å². The van der Waals surface area contributed by atoms with Crippen LogP contribution < -0.4 is 5.32 Å². The fourth-order valence-electron chi connectivity index (χ4n) is 3.69. The molecule has 1 aliphatic rings. The number of aromatic nitrogens is 1. The molecule has 0 fully saturated rings. The van der Waals surface area contributed by atoms with Crippen molar-refractivity contribution in [2.45, 2.75) is 32.9 Å². The first-order valence-corrected chi connectivity index (χ1v) is 9.31. The molecule has 1 aromatic heterocycles. The number of carbonyl (C=O) groups excluding carboxylic acids is 2. The molecule has 5 nitrogen and oxygen atoms in total. The number of rotatable bonds is 5. The quantitative estimate of drug-likeness (QED) is 0.740. The van der Waals surface area contributed by atoms with E-state index in [9.17, 15) is 9.59 Å². The smallest absolute Gasteiger partial charge is 0.254 e. The molecule has 0 atom stereocenters. The van der Waals surface area contributed by atoms with Crippen molar-refractivity contribution in [2.24, 2.45) is 0 Å². The molecule has 2 heterocycles. The average molecular weight is 361 g/mol. The summed E-state index contributed by atoms with van der Waals surface area (Å²) in [5, 5.41) is 4.04. The highest BCUT2D eigenvalue weighted by Gasteiger charge is 2.26. The van der Waals surface area contributed by atoms with Crippen LogP contribution in [-0.2, 0) is 11.3 Å². The third-order valence-electron chi connectivity index (χ3n) is 5.10. The van der Waals surface area contributed by atoms with Crippen molar-refractivity contribution < 1.29 is 9.59 Å². The van der Waals surface area contributed by atoms with E-state index in [4.69, 9.17) is 0 Å². The number of hydrogen-bond acceptors (Lipinski definition) is 2. The molecule has 2 amide bonds. The Morgan fingerprint density at radius 2 is 1.93 bits per heavy atom. The zero-order chi connectivity index (χ0) is 19.0. The minimum Gasteiger partial charge on any atom is -0.345 e. The van der Waals surface area contributed by atoms with Gasteiger partial charge < -0.3 is 14.8 Å². The maximum absolute atomic E-state index is 12.5. The Bertz CT molecular complexity index is 1020. The highest BCUT2D eigenvalue weighted by Crippen LogP contribution is 2.27. The second-order valence-corrected chi connectivity index (χ2v) is 7.24. The van der Waals surface area contributed by atoms with Crippen LogP contribution in [0, 0.1) is 0 Å². The van der Waals surface area contributed by atoms with Crippen LogP contribution in [0.1, 0.15) is 42.2 Å². The van der Waals surface area contributed by atoms with Gasteiger partial charge in [0.05, 0.1) is 11.2 Å². The molecule has 0 unspecified atom stereocenters. The molecule has 0 spiro atoms. The number of amides is 2. The van der Waals surface area contributed by atoms with Gasteiger partial charge in [-0.15, -0.1) is 0 Å². The van der Waals surface area contributed by atoms with E-state index in [-0.39, 0.29) is 18.2 Å². The zero-order valence-corrected chi connectivity index (χ0v) is 15.6. The molecule has 1 aliphatic heterocycles. The first-order chi connectivity index (χ1) is 13.0. The lowest BCUT2D eigenvalue weighted by molar-refractivity contribution is -0.116. The number of carbonyl (C=O) groups is 2. The summed E-state index contributed by atoms with van der Waals surface area (Å²) in [5.74, 6) is -0.0712. The number of nitrogens with zero attached hydrogens (tertiary/aromatic N) is 2. The second-order valence-electron chi connectivity index (χ2n) is 7.24. The van der Waals surface area contributed by atoms with Crippen LogP contribution >= 0.6 is 0 Å². The van der Waals surface area contributed by atoms with Gasteiger partial charge in [0, 0.05) is 42.7 Å². The minimum atomic E-state index is -0.0800. The number of hydrogen-bond donors (Lipinski definition) is 1. The Morgan fingerprint density at radius 1 is 1.11 bits per heavy atom. The molecule has 27 heavy (non-hydrogen) atoms. The van der Waals surface area contributed by atoms with Crippen molar-refractivity contribution in [3.05, 3.63) is 65.9 Å². The number of fused-ring (bicyclic) bond motifs is 2. The van der Waals surface area contributed by atoms with Gasteiger partial charge in [0.1, 0.15) is 0 Å². The van der Waals surface area contributed by atoms with Crippen molar-refractivity contribution in [3.63, 3.8) is 0 Å². The summed E-state index contributed by atoms with van der Waals surface area (Å²) in [6, 6.07) is 15.9. The van der Waals surface area contributed by atoms with Crippen LogP contribution in [0.3, 0.4) is 0 Å². The highest BCUT2D eigenvalue weighted by atomic mass is 16.2. The fourth-order valence-corrected chi connectivity index (χ4v) is 3.69. The van der Waals surface area contributed by atoms with Gasteiger partial charge in [-0.1, -0.05) is 24.3 Å². The van der Waals surface area contributed by atoms with E-state index < -0.39 is 0 Å². The molecule has 2 aromatic carbocycles. The van der Waals surface area contributed by atoms with E-state index >= 15 is 0 Å². The molecule has 0 bridgehead atoms. The molecule has 0 radical (unpaired) electrons. The normalized spacial score (nSPS) is 13.4. The molecule has 0 saturated carbocycles. The van der Waals surface area contributed by atoms with E-state index in [1.807, 2.05) is 48.7 Å². The van der Waals surface area contributed by atoms with Gasteiger partial charge in [-0.2, -0.15) is 0 Å². The molecular formula is C22H23N3O2. The van der Waals surface area contributed by atoms with Crippen LogP contribution in [0.15, 0.2) is 54.7 Å². The molecule has 1 N–H and O–H groups in total. The second kappa shape index (κ2) is 6.91. The first kappa shape index (κ1) is 17.3. The molecule has 4 rings (SSSR count). The molecule has 3 aromatic rings. The summed E-state index contributed by atoms with van der Waals surface area (Å²) in [7, 11) is 0. The lowest BCUT2D eigenvalue weighted by atomic mass is 10.1. The predicted molar refractivity (Wildman–Crippen MR) is 107 cm³/mol. The Hall–Kier alpha value is -3.08. The third-order valence-corrected chi connectivity index (χ3v) is 5.10. The van der Waals surface area contributed by atoms with Crippen molar-refractivity contribution in [1.29, 1.82) is 0 Å². The van der Waals surface area contributed by atoms with Crippen molar-refractivity contribution in [2.75, 3.05) is 11.9 Å². The van der Waals surface area contributed by atoms with Gasteiger partial charge >= 0.3 is 0 Å². The summed E-state index contributed by atoms with van der Waals surface area (Å²) in [4.78, 5) is 26.6. The summed E-state index contributed by atoms with van der Waals surface area (Å²) in [5.41, 5.74) is 3.70. The largest absolute Gasteiger partial charge is 0.345 e. The molecule has 5 heteroatoms. The van der Waals surface area contributed by atoms with Gasteiger partial charge in [-0.05, 0) is 43.7 Å². The Labute approximate surface area is 158 Å². The summed E-state index contributed by atoms with van der Waals surface area (Å²) in [6.07, 6.45) is 2.33. The van der Waals surface area contributed by atoms with Crippen molar-refractivity contribution in [1.82, 2.24) is 9.47 Å². The highest BCUT2D eigenvalue weighted by molar-refractivity contribution is 6.02. The molecular weight excluding hydrogens is 338 g/mol. The Kier molecular flexibility index (Phi) is 4.44. The topological polar surface area (TPSA) is 54.3 Å². The van der Waals surface area contributed by atoms with Gasteiger partial charge in [0.2, 0.25) is 5.91 Å². The molecule has 0 saturated heterocycles. The van der Waals surface area contributed by atoms with Crippen molar-refractivity contribution >= 4 is 28.4 Å². The van der Waals surface area contributed by atoms with E-state index in [1.165, 1.54) is 0 Å². The van der Waals surface area contributed by atoms with Crippen LogP contribution in [0.2, 0.25) is 0 Å². The lowest BCUT2D eigenvalue weighted by Crippen LogP contribution is -2.28. The minimum absolute atomic E-state index is 0.00881. The lowest BCUT2D eigenvalue weighted by Gasteiger charge is -2.15. The maximum Gasteiger partial charge on any atom is 0.254 e. The standard InChI is InChI=1S/C22H23N3O2/c1-15(2)25-13-10-18-19(8-5-9-20(18)25)23-21(26)11-12-24-14-16-6-3-4-7-17(16)22(24)27/h3-10,13,15H,11-12,14H2,1-2H3,(H,23,26). The Balaban J connectivity index is 1.42. The fraction of sp³-hybridized carbons (Fsp3) is 0.273. The molecule has 138 valence electrons. The Morgan fingerprint density at radius 3 is 2.70 bits per heavy atom. The summed E-state index contributed by atoms with van der Waals surface area (Å²) in [6.45, 7) is 5.27. The van der Waals surface area contributed by atoms with E-state index in [0.717, 1.165) is 27.7 Å². The maximum atomic E-state index is 12.5. The van der Waals surface area contributed by atoms with Gasteiger partial charge in [-0.25, -0.2) is 0 Å². The number of benzene rings is 2. The summed E-state index contributed by atoms with van der Waals surface area (Å²) >= 11 is 0. The van der Waals surface area contributed by atoms with Gasteiger partial charge in [-0.3, -0.25) is 9.59 Å². The van der Waals surface area contributed by atoms with Crippen molar-refractivity contribution in [3.8, 4) is 0 Å². The monoisotopic (exact) mass is 361 g/mol. The van der Waals surface area contributed by atoms with Gasteiger partial charge in [0.15, 0.2) is 0 Å². The van der Waals surface area contributed by atoms with E-state index in [0.29, 0.717) is 19.1 Å². The number of nitrogens with one attached hydrogen (secondary N) is 1.